The van der Waals surface area contributed by atoms with Crippen LogP contribution in [-0.2, 0) is 26.2 Å². The van der Waals surface area contributed by atoms with E-state index in [1.807, 2.05) is 51.1 Å². The Hall–Kier alpha value is -3.09. The van der Waals surface area contributed by atoms with E-state index in [-0.39, 0.29) is 23.7 Å². The number of carboxylic acid groups (broad SMARTS) is 1. The van der Waals surface area contributed by atoms with E-state index in [1.165, 1.54) is 28.2 Å². The van der Waals surface area contributed by atoms with Gasteiger partial charge >= 0.3 is 12.0 Å². The maximum atomic E-state index is 13.6. The largest absolute Gasteiger partial charge is 0.480 e. The topological polar surface area (TPSA) is 145 Å². The molecule has 2 aromatic rings. The zero-order valence-electron chi connectivity index (χ0n) is 20.9. The number of hydrogen-bond acceptors (Lipinski definition) is 6. The number of thioether (sulfide) groups is 1. The molecule has 0 spiro atoms. The number of carbonyl (C=O) groups excluding carboxylic acids is 2. The zero-order valence-corrected chi connectivity index (χ0v) is 22.5. The van der Waals surface area contributed by atoms with Gasteiger partial charge in [-0.25, -0.2) is 18.0 Å². The van der Waals surface area contributed by atoms with Crippen LogP contribution in [0.25, 0.3) is 0 Å². The van der Waals surface area contributed by atoms with Crippen molar-refractivity contribution in [3.63, 3.8) is 0 Å². The Bertz CT molecular complexity index is 1200. The molecule has 10 nitrogen and oxygen atoms in total. The minimum absolute atomic E-state index is 0.0519. The van der Waals surface area contributed by atoms with E-state index in [9.17, 15) is 27.9 Å². The minimum atomic E-state index is -4.06. The third-order valence-corrected chi connectivity index (χ3v) is 9.47. The lowest BCUT2D eigenvalue weighted by atomic mass is 9.96. The smallest absolute Gasteiger partial charge is 0.328 e. The molecule has 1 heterocycles. The lowest BCUT2D eigenvalue weighted by Gasteiger charge is -2.35. The van der Waals surface area contributed by atoms with Crippen molar-refractivity contribution in [2.45, 2.75) is 49.7 Å². The molecule has 3 unspecified atom stereocenters. The number of nitrogens with zero attached hydrogens (tertiary/aromatic N) is 1. The first-order chi connectivity index (χ1) is 17.4. The highest BCUT2D eigenvalue weighted by Crippen LogP contribution is 2.43. The molecule has 1 aliphatic rings. The summed E-state index contributed by atoms with van der Waals surface area (Å²) >= 11 is 1.33. The molecule has 3 rings (SSSR count). The molecule has 200 valence electrons. The van der Waals surface area contributed by atoms with Gasteiger partial charge in [-0.05, 0) is 23.1 Å². The van der Waals surface area contributed by atoms with Crippen LogP contribution in [0.1, 0.15) is 26.3 Å². The number of rotatable bonds is 9. The Kier molecular flexibility index (Phi) is 9.21. The van der Waals surface area contributed by atoms with E-state index in [0.717, 1.165) is 5.56 Å². The lowest BCUT2D eigenvalue weighted by Crippen LogP contribution is -2.57. The van der Waals surface area contributed by atoms with Crippen molar-refractivity contribution in [1.29, 1.82) is 0 Å². The number of hydrogen-bond donors (Lipinski definition) is 4. The van der Waals surface area contributed by atoms with Crippen LogP contribution in [0, 0.1) is 5.41 Å². The lowest BCUT2D eigenvalue weighted by molar-refractivity contribution is -0.142. The Balaban J connectivity index is 1.71. The van der Waals surface area contributed by atoms with Gasteiger partial charge in [-0.15, -0.1) is 11.8 Å². The monoisotopic (exact) mass is 548 g/mol. The van der Waals surface area contributed by atoms with Crippen LogP contribution in [0.3, 0.4) is 0 Å². The highest BCUT2D eigenvalue weighted by Gasteiger charge is 2.50. The van der Waals surface area contributed by atoms with Gasteiger partial charge in [0, 0.05) is 12.3 Å². The van der Waals surface area contributed by atoms with Gasteiger partial charge in [0.1, 0.15) is 12.1 Å². The van der Waals surface area contributed by atoms with Crippen LogP contribution in [0.4, 0.5) is 4.79 Å². The van der Waals surface area contributed by atoms with Crippen molar-refractivity contribution in [1.82, 2.24) is 20.3 Å². The predicted molar refractivity (Wildman–Crippen MR) is 141 cm³/mol. The summed E-state index contributed by atoms with van der Waals surface area (Å²) in [5, 5.41) is 16.6. The second-order valence-electron chi connectivity index (χ2n) is 9.66. The summed E-state index contributed by atoms with van der Waals surface area (Å²) in [7, 11) is -4.06. The van der Waals surface area contributed by atoms with Gasteiger partial charge < -0.3 is 21.1 Å². The van der Waals surface area contributed by atoms with E-state index in [4.69, 9.17) is 0 Å². The Morgan fingerprint density at radius 3 is 2.19 bits per heavy atom. The molecule has 3 atom stereocenters. The van der Waals surface area contributed by atoms with Crippen LogP contribution < -0.4 is 16.0 Å². The average molecular weight is 549 g/mol. The summed E-state index contributed by atoms with van der Waals surface area (Å²) in [5.74, 6) is -1.93. The quantitative estimate of drug-likeness (QED) is 0.376. The number of carboxylic acids is 1. The highest BCUT2D eigenvalue weighted by atomic mass is 32.2. The summed E-state index contributed by atoms with van der Waals surface area (Å²) in [6.07, 6.45) is 0. The summed E-state index contributed by atoms with van der Waals surface area (Å²) in [5.41, 5.74) is 0.374. The van der Waals surface area contributed by atoms with Crippen LogP contribution in [-0.4, -0.2) is 65.5 Å². The normalized spacial score (nSPS) is 19.1. The number of amides is 3. The van der Waals surface area contributed by atoms with Crippen LogP contribution in [0.2, 0.25) is 0 Å². The van der Waals surface area contributed by atoms with Crippen molar-refractivity contribution in [2.75, 3.05) is 12.3 Å². The fourth-order valence-electron chi connectivity index (χ4n) is 3.83. The van der Waals surface area contributed by atoms with Crippen molar-refractivity contribution < 1.29 is 27.9 Å². The molecule has 0 aromatic heterocycles. The number of nitrogens with one attached hydrogen (secondary N) is 3. The molecular formula is C25H32N4O6S2. The number of urea groups is 1. The molecule has 12 heteroatoms. The van der Waals surface area contributed by atoms with Gasteiger partial charge in [0.2, 0.25) is 15.9 Å². The molecule has 1 saturated heterocycles. The standard InChI is InChI=1S/C25H32N4O6S2/c1-25(2,3)23-29(37(34,35)18-12-8-5-9-13-18)20(16-36-23)21(30)28-19(22(31)32)15-27-24(33)26-14-17-10-6-4-7-11-17/h4-13,19-20,23H,14-16H2,1-3H3,(H,28,30)(H,31,32)(H2,26,27,33). The van der Waals surface area contributed by atoms with Crippen molar-refractivity contribution in [3.8, 4) is 0 Å². The van der Waals surface area contributed by atoms with E-state index in [1.54, 1.807) is 18.2 Å². The molecule has 0 aliphatic carbocycles. The summed E-state index contributed by atoms with van der Waals surface area (Å²) < 4.78 is 28.3. The van der Waals surface area contributed by atoms with E-state index in [0.29, 0.717) is 0 Å². The molecule has 1 fully saturated rings. The second-order valence-corrected chi connectivity index (χ2v) is 12.6. The number of sulfonamides is 1. The first-order valence-corrected chi connectivity index (χ1v) is 14.2. The first-order valence-electron chi connectivity index (χ1n) is 11.7. The second kappa shape index (κ2) is 12.0. The molecular weight excluding hydrogens is 516 g/mol. The average Bonchev–Trinajstić information content (AvgIpc) is 3.33. The van der Waals surface area contributed by atoms with Crippen LogP contribution >= 0.6 is 11.8 Å². The fourth-order valence-corrected chi connectivity index (χ4v) is 7.73. The van der Waals surface area contributed by atoms with Gasteiger partial charge in [0.25, 0.3) is 0 Å². The molecule has 4 N–H and O–H groups in total. The molecule has 2 aromatic carbocycles. The van der Waals surface area contributed by atoms with Gasteiger partial charge in [-0.3, -0.25) is 4.79 Å². The minimum Gasteiger partial charge on any atom is -0.480 e. The van der Waals surface area contributed by atoms with Gasteiger partial charge in [-0.1, -0.05) is 69.3 Å². The molecule has 37 heavy (non-hydrogen) atoms. The molecule has 0 radical (unpaired) electrons. The summed E-state index contributed by atoms with van der Waals surface area (Å²) in [6.45, 7) is 5.52. The summed E-state index contributed by atoms with van der Waals surface area (Å²) in [4.78, 5) is 37.3. The molecule has 0 bridgehead atoms. The van der Waals surface area contributed by atoms with Crippen LogP contribution in [0.5, 0.6) is 0 Å². The van der Waals surface area contributed by atoms with E-state index in [2.05, 4.69) is 16.0 Å². The van der Waals surface area contributed by atoms with Gasteiger partial charge in [-0.2, -0.15) is 4.31 Å². The highest BCUT2D eigenvalue weighted by molar-refractivity contribution is 8.01. The Labute approximate surface area is 221 Å². The van der Waals surface area contributed by atoms with Crippen molar-refractivity contribution in [2.24, 2.45) is 5.41 Å². The molecule has 1 aliphatic heterocycles. The van der Waals surface area contributed by atoms with Crippen LogP contribution in [0.15, 0.2) is 65.6 Å². The van der Waals surface area contributed by atoms with E-state index >= 15 is 0 Å². The number of aliphatic carboxylic acids is 1. The molecule has 0 saturated carbocycles. The zero-order chi connectivity index (χ0) is 27.2. The number of carbonyl (C=O) groups is 3. The summed E-state index contributed by atoms with van der Waals surface area (Å²) in [6, 6.07) is 13.8. The third-order valence-electron chi connectivity index (χ3n) is 5.69. The fraction of sp³-hybridized carbons (Fsp3) is 0.400. The van der Waals surface area contributed by atoms with Crippen molar-refractivity contribution in [3.05, 3.63) is 66.2 Å². The maximum absolute atomic E-state index is 13.6. The van der Waals surface area contributed by atoms with Crippen molar-refractivity contribution >= 4 is 39.7 Å². The molecule has 3 amide bonds. The number of benzene rings is 2. The Morgan fingerprint density at radius 2 is 1.62 bits per heavy atom. The van der Waals surface area contributed by atoms with E-state index < -0.39 is 50.8 Å². The SMILES string of the molecule is CC(C)(C)C1SCC(C(=O)NC(CNC(=O)NCc2ccccc2)C(=O)O)N1S(=O)(=O)c1ccccc1. The first kappa shape index (κ1) is 28.5. The van der Waals surface area contributed by atoms with Gasteiger partial charge in [0.05, 0.1) is 16.8 Å². The Morgan fingerprint density at radius 1 is 1.03 bits per heavy atom. The maximum Gasteiger partial charge on any atom is 0.328 e. The predicted octanol–water partition coefficient (Wildman–Crippen LogP) is 2.23. The third kappa shape index (κ3) is 7.24. The van der Waals surface area contributed by atoms with Gasteiger partial charge in [0.15, 0.2) is 0 Å².